The van der Waals surface area contributed by atoms with Crippen molar-refractivity contribution in [3.8, 4) is 5.75 Å². The zero-order valence-corrected chi connectivity index (χ0v) is 10.6. The number of likely N-dealkylation sites (N-methyl/N-ethyl adjacent to an activating group) is 1. The summed E-state index contributed by atoms with van der Waals surface area (Å²) in [4.78, 5) is 0. The van der Waals surface area contributed by atoms with Gasteiger partial charge in [0.2, 0.25) is 0 Å². The number of benzene rings is 1. The smallest absolute Gasteiger partial charge is 0.165 e. The summed E-state index contributed by atoms with van der Waals surface area (Å²) in [6.07, 6.45) is 1.68. The zero-order valence-electron chi connectivity index (χ0n) is 10.6. The van der Waals surface area contributed by atoms with E-state index in [4.69, 9.17) is 9.47 Å². The first-order valence-corrected chi connectivity index (χ1v) is 5.70. The van der Waals surface area contributed by atoms with Gasteiger partial charge in [0, 0.05) is 19.8 Å². The van der Waals surface area contributed by atoms with Crippen molar-refractivity contribution >= 4 is 0 Å². The fraction of sp³-hybridized carbons (Fsp3) is 0.538. The van der Waals surface area contributed by atoms with Crippen molar-refractivity contribution in [2.75, 3.05) is 27.9 Å². The van der Waals surface area contributed by atoms with Crippen LogP contribution in [0.15, 0.2) is 18.2 Å². The lowest BCUT2D eigenvalue weighted by molar-refractivity contribution is 0.184. The summed E-state index contributed by atoms with van der Waals surface area (Å²) in [7, 11) is 5.05. The molecule has 0 fully saturated rings. The summed E-state index contributed by atoms with van der Waals surface area (Å²) >= 11 is 0. The second-order valence-electron chi connectivity index (χ2n) is 3.94. The number of hydrogen-bond acceptors (Lipinski definition) is 3. The van der Waals surface area contributed by atoms with E-state index in [0.717, 1.165) is 18.4 Å². The van der Waals surface area contributed by atoms with Gasteiger partial charge in [-0.15, -0.1) is 0 Å². The van der Waals surface area contributed by atoms with Crippen molar-refractivity contribution in [1.82, 2.24) is 5.32 Å². The number of hydrogen-bond donors (Lipinski definition) is 1. The second kappa shape index (κ2) is 7.25. The minimum Gasteiger partial charge on any atom is -0.494 e. The predicted octanol–water partition coefficient (Wildman–Crippen LogP) is 2.00. The molecule has 0 saturated carbocycles. The van der Waals surface area contributed by atoms with Gasteiger partial charge in [0.15, 0.2) is 11.6 Å². The van der Waals surface area contributed by atoms with Crippen LogP contribution in [0.1, 0.15) is 12.0 Å². The van der Waals surface area contributed by atoms with Gasteiger partial charge in [-0.05, 0) is 37.6 Å². The SMILES string of the molecule is CNC(CCOC)Cc1ccc(OC)c(F)c1. The van der Waals surface area contributed by atoms with Gasteiger partial charge in [0.25, 0.3) is 0 Å². The third-order valence-corrected chi connectivity index (χ3v) is 2.78. The van der Waals surface area contributed by atoms with E-state index < -0.39 is 0 Å². The first kappa shape index (κ1) is 13.9. The molecule has 0 aliphatic heterocycles. The number of nitrogens with one attached hydrogen (secondary N) is 1. The van der Waals surface area contributed by atoms with Gasteiger partial charge in [-0.2, -0.15) is 0 Å². The van der Waals surface area contributed by atoms with Crippen LogP contribution >= 0.6 is 0 Å². The number of methoxy groups -OCH3 is 2. The van der Waals surface area contributed by atoms with Crippen LogP contribution in [-0.2, 0) is 11.2 Å². The molecular formula is C13H20FNO2. The first-order valence-electron chi connectivity index (χ1n) is 5.70. The molecule has 1 atom stereocenters. The monoisotopic (exact) mass is 241 g/mol. The molecule has 1 aromatic rings. The second-order valence-corrected chi connectivity index (χ2v) is 3.94. The highest BCUT2D eigenvalue weighted by atomic mass is 19.1. The number of rotatable bonds is 7. The van der Waals surface area contributed by atoms with Crippen LogP contribution in [-0.4, -0.2) is 33.9 Å². The molecule has 17 heavy (non-hydrogen) atoms. The third-order valence-electron chi connectivity index (χ3n) is 2.78. The van der Waals surface area contributed by atoms with Crippen LogP contribution in [0.5, 0.6) is 5.75 Å². The Hall–Kier alpha value is -1.13. The Morgan fingerprint density at radius 2 is 2.12 bits per heavy atom. The topological polar surface area (TPSA) is 30.5 Å². The molecule has 1 unspecified atom stereocenters. The van der Waals surface area contributed by atoms with Crippen LogP contribution in [0.25, 0.3) is 0 Å². The molecular weight excluding hydrogens is 221 g/mol. The fourth-order valence-corrected chi connectivity index (χ4v) is 1.73. The van der Waals surface area contributed by atoms with Gasteiger partial charge in [0.1, 0.15) is 0 Å². The van der Waals surface area contributed by atoms with Crippen molar-refractivity contribution in [3.63, 3.8) is 0 Å². The largest absolute Gasteiger partial charge is 0.494 e. The molecule has 1 aromatic carbocycles. The van der Waals surface area contributed by atoms with Crippen LogP contribution in [0.3, 0.4) is 0 Å². The molecule has 0 aliphatic rings. The molecule has 96 valence electrons. The molecule has 1 rings (SSSR count). The van der Waals surface area contributed by atoms with E-state index in [1.54, 1.807) is 13.2 Å². The maximum Gasteiger partial charge on any atom is 0.165 e. The van der Waals surface area contributed by atoms with E-state index in [1.165, 1.54) is 13.2 Å². The Morgan fingerprint density at radius 1 is 1.35 bits per heavy atom. The predicted molar refractivity (Wildman–Crippen MR) is 66.0 cm³/mol. The van der Waals surface area contributed by atoms with Gasteiger partial charge in [-0.3, -0.25) is 0 Å². The van der Waals surface area contributed by atoms with Gasteiger partial charge in [-0.25, -0.2) is 4.39 Å². The molecule has 0 radical (unpaired) electrons. The summed E-state index contributed by atoms with van der Waals surface area (Å²) in [6, 6.07) is 5.37. The summed E-state index contributed by atoms with van der Waals surface area (Å²) in [5.74, 6) is -0.0294. The Morgan fingerprint density at radius 3 is 2.65 bits per heavy atom. The molecule has 1 N–H and O–H groups in total. The van der Waals surface area contributed by atoms with Gasteiger partial charge >= 0.3 is 0 Å². The Bertz CT molecular complexity index is 344. The van der Waals surface area contributed by atoms with Crippen molar-refractivity contribution in [2.24, 2.45) is 0 Å². The molecule has 3 nitrogen and oxygen atoms in total. The van der Waals surface area contributed by atoms with Crippen LogP contribution in [0.4, 0.5) is 4.39 Å². The highest BCUT2D eigenvalue weighted by molar-refractivity contribution is 5.29. The number of halogens is 1. The van der Waals surface area contributed by atoms with Gasteiger partial charge < -0.3 is 14.8 Å². The minimum absolute atomic E-state index is 0.284. The summed E-state index contributed by atoms with van der Waals surface area (Å²) < 4.78 is 23.4. The lowest BCUT2D eigenvalue weighted by atomic mass is 10.0. The van der Waals surface area contributed by atoms with Crippen LogP contribution in [0.2, 0.25) is 0 Å². The van der Waals surface area contributed by atoms with E-state index >= 15 is 0 Å². The zero-order chi connectivity index (χ0) is 12.7. The average molecular weight is 241 g/mol. The quantitative estimate of drug-likeness (QED) is 0.792. The van der Waals surface area contributed by atoms with Crippen molar-refractivity contribution in [2.45, 2.75) is 18.9 Å². The summed E-state index contributed by atoms with van der Waals surface area (Å²) in [5.41, 5.74) is 0.957. The van der Waals surface area contributed by atoms with Crippen molar-refractivity contribution < 1.29 is 13.9 Å². The molecule has 0 heterocycles. The van der Waals surface area contributed by atoms with Gasteiger partial charge in [0.05, 0.1) is 7.11 Å². The Labute approximate surface area is 102 Å². The first-order chi connectivity index (χ1) is 8.21. The van der Waals surface area contributed by atoms with Crippen molar-refractivity contribution in [3.05, 3.63) is 29.6 Å². The van der Waals surface area contributed by atoms with E-state index in [1.807, 2.05) is 13.1 Å². The van der Waals surface area contributed by atoms with E-state index in [-0.39, 0.29) is 11.6 Å². The van der Waals surface area contributed by atoms with Crippen molar-refractivity contribution in [1.29, 1.82) is 0 Å². The molecule has 0 spiro atoms. The molecule has 0 aromatic heterocycles. The molecule has 0 bridgehead atoms. The molecule has 4 heteroatoms. The summed E-state index contributed by atoms with van der Waals surface area (Å²) in [6.45, 7) is 0.699. The highest BCUT2D eigenvalue weighted by Crippen LogP contribution is 2.18. The maximum atomic E-state index is 13.5. The van der Waals surface area contributed by atoms with Crippen LogP contribution < -0.4 is 10.1 Å². The summed E-state index contributed by atoms with van der Waals surface area (Å²) in [5, 5.41) is 3.20. The maximum absolute atomic E-state index is 13.5. The molecule has 0 saturated heterocycles. The average Bonchev–Trinajstić information content (AvgIpc) is 2.34. The highest BCUT2D eigenvalue weighted by Gasteiger charge is 2.09. The van der Waals surface area contributed by atoms with Gasteiger partial charge in [-0.1, -0.05) is 6.07 Å². The molecule has 0 amide bonds. The lowest BCUT2D eigenvalue weighted by Gasteiger charge is -2.16. The standard InChI is InChI=1S/C13H20FNO2/c1-15-11(6-7-16-2)8-10-4-5-13(17-3)12(14)9-10/h4-5,9,11,15H,6-8H2,1-3H3. The number of ether oxygens (including phenoxy) is 2. The lowest BCUT2D eigenvalue weighted by Crippen LogP contribution is -2.28. The van der Waals surface area contributed by atoms with E-state index in [2.05, 4.69) is 5.32 Å². The normalized spacial score (nSPS) is 12.5. The van der Waals surface area contributed by atoms with E-state index in [9.17, 15) is 4.39 Å². The van der Waals surface area contributed by atoms with E-state index in [0.29, 0.717) is 12.6 Å². The molecule has 0 aliphatic carbocycles. The fourth-order valence-electron chi connectivity index (χ4n) is 1.73. The Kier molecular flexibility index (Phi) is 5.94. The van der Waals surface area contributed by atoms with Crippen LogP contribution in [0, 0.1) is 5.82 Å². The third kappa shape index (κ3) is 4.32. The Balaban J connectivity index is 2.63. The minimum atomic E-state index is -0.313.